The van der Waals surface area contributed by atoms with E-state index in [0.29, 0.717) is 19.8 Å². The summed E-state index contributed by atoms with van der Waals surface area (Å²) in [6, 6.07) is 1.22. The largest absolute Gasteiger partial charge is 0.511 e. The van der Waals surface area contributed by atoms with Gasteiger partial charge in [-0.15, -0.1) is 0 Å². The summed E-state index contributed by atoms with van der Waals surface area (Å²) in [5.41, 5.74) is 1.44. The lowest BCUT2D eigenvalue weighted by Gasteiger charge is -2.41. The van der Waals surface area contributed by atoms with E-state index in [1.165, 1.54) is 42.8 Å². The molecule has 0 aliphatic carbocycles. The first-order chi connectivity index (χ1) is 14.2. The Hall–Kier alpha value is -3.28. The number of esters is 1. The van der Waals surface area contributed by atoms with Crippen molar-refractivity contribution in [2.24, 2.45) is 5.41 Å². The Bertz CT molecular complexity index is 895. The molecule has 12 heteroatoms. The molecule has 0 radical (unpaired) electrons. The fourth-order valence-electron chi connectivity index (χ4n) is 2.97. The summed E-state index contributed by atoms with van der Waals surface area (Å²) in [4.78, 5) is 50.0. The van der Waals surface area contributed by atoms with Crippen molar-refractivity contribution < 1.29 is 38.1 Å². The van der Waals surface area contributed by atoms with Crippen LogP contribution in [0.3, 0.4) is 0 Å². The Morgan fingerprint density at radius 1 is 1.30 bits per heavy atom. The van der Waals surface area contributed by atoms with Gasteiger partial charge in [-0.1, -0.05) is 0 Å². The highest BCUT2D eigenvalue weighted by Crippen LogP contribution is 2.22. The van der Waals surface area contributed by atoms with Gasteiger partial charge in [-0.05, 0) is 13.8 Å². The van der Waals surface area contributed by atoms with Gasteiger partial charge >= 0.3 is 12.1 Å². The number of carbonyl (C=O) groups is 3. The molecule has 1 saturated heterocycles. The fraction of sp³-hybridized carbons (Fsp3) is 0.556. The van der Waals surface area contributed by atoms with Crippen LogP contribution >= 0.6 is 0 Å². The van der Waals surface area contributed by atoms with E-state index in [0.717, 1.165) is 0 Å². The highest BCUT2D eigenvalue weighted by atomic mass is 16.8. The predicted molar refractivity (Wildman–Crippen MR) is 99.4 cm³/mol. The zero-order valence-electron chi connectivity index (χ0n) is 16.8. The number of methoxy groups -OCH3 is 1. The van der Waals surface area contributed by atoms with Crippen molar-refractivity contribution in [1.29, 1.82) is 0 Å². The van der Waals surface area contributed by atoms with Gasteiger partial charge in [0.05, 0.1) is 25.7 Å². The Morgan fingerprint density at radius 2 is 2.07 bits per heavy atom. The number of rotatable bonds is 6. The lowest BCUT2D eigenvalue weighted by molar-refractivity contribution is -0.153. The Labute approximate surface area is 171 Å². The predicted octanol–water partition coefficient (Wildman–Crippen LogP) is -0.107. The number of pyridine rings is 1. The zero-order chi connectivity index (χ0) is 21.9. The molecular weight excluding hydrogens is 402 g/mol. The lowest BCUT2D eigenvalue weighted by Crippen LogP contribution is -2.59. The fourth-order valence-corrected chi connectivity index (χ4v) is 2.97. The summed E-state index contributed by atoms with van der Waals surface area (Å²) >= 11 is 0. The molecular formula is C18H23N3O9. The second-order valence-corrected chi connectivity index (χ2v) is 7.27. The normalized spacial score (nSPS) is 17.9. The maximum Gasteiger partial charge on any atom is 0.511 e. The maximum atomic E-state index is 12.8. The molecule has 1 aromatic rings. The monoisotopic (exact) mass is 425 g/mol. The molecule has 3 heterocycles. The van der Waals surface area contributed by atoms with Crippen LogP contribution in [0.15, 0.2) is 17.1 Å². The Kier molecular flexibility index (Phi) is 6.15. The van der Waals surface area contributed by atoms with Gasteiger partial charge in [0, 0.05) is 18.8 Å². The molecule has 1 amide bonds. The highest BCUT2D eigenvalue weighted by Gasteiger charge is 2.37. The van der Waals surface area contributed by atoms with Crippen LogP contribution in [0.5, 0.6) is 5.75 Å². The zero-order valence-corrected chi connectivity index (χ0v) is 16.8. The van der Waals surface area contributed by atoms with Crippen molar-refractivity contribution in [1.82, 2.24) is 9.58 Å². The molecule has 0 bridgehead atoms. The van der Waals surface area contributed by atoms with Crippen LogP contribution in [0.25, 0.3) is 0 Å². The van der Waals surface area contributed by atoms with Gasteiger partial charge in [0.2, 0.25) is 18.0 Å². The van der Waals surface area contributed by atoms with Crippen LogP contribution < -0.4 is 15.6 Å². The first kappa shape index (κ1) is 21.4. The van der Waals surface area contributed by atoms with E-state index in [9.17, 15) is 19.2 Å². The number of hydrogen-bond donors (Lipinski definition) is 1. The van der Waals surface area contributed by atoms with E-state index in [1.807, 2.05) is 0 Å². The van der Waals surface area contributed by atoms with Crippen molar-refractivity contribution in [3.8, 4) is 5.75 Å². The summed E-state index contributed by atoms with van der Waals surface area (Å²) in [6.07, 6.45) is -0.0497. The highest BCUT2D eigenvalue weighted by molar-refractivity contribution is 5.96. The molecule has 2 aliphatic rings. The number of ether oxygens (including phenoxy) is 5. The van der Waals surface area contributed by atoms with Crippen molar-refractivity contribution in [3.05, 3.63) is 28.2 Å². The molecule has 2 aliphatic heterocycles. The SMILES string of the molecule is COC(=O)C(C)(C)COC(=O)OCOc1c2n(ccc1=O)N[C@@H]1COCCN1C2=O. The molecule has 0 saturated carbocycles. The lowest BCUT2D eigenvalue weighted by atomic mass is 9.95. The minimum Gasteiger partial charge on any atom is -0.469 e. The van der Waals surface area contributed by atoms with Crippen molar-refractivity contribution in [3.63, 3.8) is 0 Å². The molecule has 0 unspecified atom stereocenters. The van der Waals surface area contributed by atoms with E-state index < -0.39 is 35.7 Å². The average Bonchev–Trinajstić information content (AvgIpc) is 2.73. The van der Waals surface area contributed by atoms with Crippen LogP contribution in [0, 0.1) is 5.41 Å². The minimum absolute atomic E-state index is 0.00978. The third kappa shape index (κ3) is 4.32. The second-order valence-electron chi connectivity index (χ2n) is 7.27. The van der Waals surface area contributed by atoms with Gasteiger partial charge in [0.25, 0.3) is 5.91 Å². The van der Waals surface area contributed by atoms with Gasteiger partial charge in [0.1, 0.15) is 12.8 Å². The number of hydrogen-bond acceptors (Lipinski definition) is 10. The molecule has 164 valence electrons. The summed E-state index contributed by atoms with van der Waals surface area (Å²) in [6.45, 7) is 3.19. The van der Waals surface area contributed by atoms with Crippen LogP contribution in [0.1, 0.15) is 24.3 Å². The van der Waals surface area contributed by atoms with Gasteiger partial charge in [-0.3, -0.25) is 19.1 Å². The number of nitrogens with one attached hydrogen (secondary N) is 1. The first-order valence-electron chi connectivity index (χ1n) is 9.16. The van der Waals surface area contributed by atoms with E-state index in [1.54, 1.807) is 0 Å². The Morgan fingerprint density at radius 3 is 2.80 bits per heavy atom. The van der Waals surface area contributed by atoms with Crippen molar-refractivity contribution >= 4 is 18.0 Å². The standard InChI is InChI=1S/C18H23N3O9/c1-18(2,16(24)26-3)9-28-17(25)30-10-29-14-11(22)4-5-21-13(14)15(23)20-6-7-27-8-12(20)19-21/h4-5,12,19H,6-10H2,1-3H3/t12-/m0/s1. The molecule has 1 aromatic heterocycles. The molecule has 0 aromatic carbocycles. The molecule has 12 nitrogen and oxygen atoms in total. The van der Waals surface area contributed by atoms with Gasteiger partial charge in [-0.25, -0.2) is 4.79 Å². The third-order valence-electron chi connectivity index (χ3n) is 4.60. The summed E-state index contributed by atoms with van der Waals surface area (Å²) < 4.78 is 26.3. The summed E-state index contributed by atoms with van der Waals surface area (Å²) in [7, 11) is 1.23. The number of amides is 1. The molecule has 0 spiro atoms. The quantitative estimate of drug-likeness (QED) is 0.486. The Balaban J connectivity index is 1.63. The van der Waals surface area contributed by atoms with E-state index in [2.05, 4.69) is 10.2 Å². The van der Waals surface area contributed by atoms with Crippen LogP contribution in [-0.4, -0.2) is 74.0 Å². The van der Waals surface area contributed by atoms with Gasteiger partial charge in [-0.2, -0.15) is 0 Å². The number of fused-ring (bicyclic) bond motifs is 2. The summed E-state index contributed by atoms with van der Waals surface area (Å²) in [5.74, 6) is -1.22. The molecule has 1 fully saturated rings. The number of morpholine rings is 1. The van der Waals surface area contributed by atoms with Crippen LogP contribution in [0.4, 0.5) is 4.79 Å². The van der Waals surface area contributed by atoms with Gasteiger partial charge in [0.15, 0.2) is 5.69 Å². The molecule has 3 rings (SSSR count). The topological polar surface area (TPSA) is 135 Å². The molecule has 1 N–H and O–H groups in total. The average molecular weight is 425 g/mol. The number of nitrogens with zero attached hydrogens (tertiary/aromatic N) is 2. The van der Waals surface area contributed by atoms with E-state index in [-0.39, 0.29) is 24.2 Å². The number of carbonyl (C=O) groups excluding carboxylic acids is 3. The molecule has 30 heavy (non-hydrogen) atoms. The van der Waals surface area contributed by atoms with Gasteiger partial charge < -0.3 is 34.0 Å². The first-order valence-corrected chi connectivity index (χ1v) is 9.16. The molecule has 1 atom stereocenters. The second kappa shape index (κ2) is 8.61. The number of aromatic nitrogens is 1. The van der Waals surface area contributed by atoms with Crippen molar-refractivity contribution in [2.75, 3.05) is 45.7 Å². The minimum atomic E-state index is -1.10. The maximum absolute atomic E-state index is 12.8. The van der Waals surface area contributed by atoms with Crippen LogP contribution in [0.2, 0.25) is 0 Å². The van der Waals surface area contributed by atoms with E-state index in [4.69, 9.17) is 18.9 Å². The van der Waals surface area contributed by atoms with E-state index >= 15 is 0 Å². The third-order valence-corrected chi connectivity index (χ3v) is 4.60. The summed E-state index contributed by atoms with van der Waals surface area (Å²) in [5, 5.41) is 0. The van der Waals surface area contributed by atoms with Crippen molar-refractivity contribution in [2.45, 2.75) is 20.0 Å². The van der Waals surface area contributed by atoms with Crippen LogP contribution in [-0.2, 0) is 23.7 Å². The smallest absolute Gasteiger partial charge is 0.469 e.